The second-order valence-electron chi connectivity index (χ2n) is 2.53. The third-order valence-corrected chi connectivity index (χ3v) is 2.21. The van der Waals surface area contributed by atoms with E-state index in [4.69, 9.17) is 16.2 Å². The van der Waals surface area contributed by atoms with Crippen molar-refractivity contribution >= 4 is 34.5 Å². The van der Waals surface area contributed by atoms with Gasteiger partial charge in [-0.3, -0.25) is 9.27 Å². The van der Waals surface area contributed by atoms with Crippen LogP contribution in [0.5, 0.6) is 0 Å². The highest BCUT2D eigenvalue weighted by Crippen LogP contribution is 2.21. The summed E-state index contributed by atoms with van der Waals surface area (Å²) in [6.07, 6.45) is 0. The zero-order chi connectivity index (χ0) is 11.4. The smallest absolute Gasteiger partial charge is 0.340 e. The topological polar surface area (TPSA) is 75.6 Å². The Kier molecular flexibility index (Phi) is 4.07. The number of benzene rings is 1. The first-order chi connectivity index (χ1) is 7.04. The molecular formula is C8H8ClNO4S. The van der Waals surface area contributed by atoms with Gasteiger partial charge >= 0.3 is 5.97 Å². The molecule has 82 valence electrons. The molecule has 1 rings (SSSR count). The van der Waals surface area contributed by atoms with Gasteiger partial charge in [0, 0.05) is 5.02 Å². The molecule has 5 nitrogen and oxygen atoms in total. The lowest BCUT2D eigenvalue weighted by Gasteiger charge is -2.07. The molecule has 0 saturated carbocycles. The van der Waals surface area contributed by atoms with E-state index in [1.807, 2.05) is 0 Å². The Balaban J connectivity index is 3.14. The number of anilines is 1. The molecule has 0 aliphatic rings. The van der Waals surface area contributed by atoms with Gasteiger partial charge in [0.1, 0.15) is 0 Å². The summed E-state index contributed by atoms with van der Waals surface area (Å²) >= 11 is 3.43. The van der Waals surface area contributed by atoms with Gasteiger partial charge in [0.05, 0.1) is 18.4 Å². The molecule has 2 N–H and O–H groups in total. The van der Waals surface area contributed by atoms with Crippen LogP contribution in [-0.2, 0) is 16.0 Å². The van der Waals surface area contributed by atoms with E-state index in [0.29, 0.717) is 5.02 Å². The molecule has 0 spiro atoms. The van der Waals surface area contributed by atoms with Gasteiger partial charge in [-0.05, 0) is 18.2 Å². The van der Waals surface area contributed by atoms with E-state index < -0.39 is 17.2 Å². The SMILES string of the molecule is COC(=O)c1cc(Cl)ccc1NS(=O)O. The number of hydrogen-bond acceptors (Lipinski definition) is 3. The van der Waals surface area contributed by atoms with E-state index in [0.717, 1.165) is 0 Å². The maximum Gasteiger partial charge on any atom is 0.340 e. The van der Waals surface area contributed by atoms with E-state index in [1.165, 1.54) is 25.3 Å². The maximum atomic E-state index is 11.3. The summed E-state index contributed by atoms with van der Waals surface area (Å²) in [4.78, 5) is 11.3. The number of ether oxygens (including phenoxy) is 1. The third-order valence-electron chi connectivity index (χ3n) is 1.58. The predicted octanol–water partition coefficient (Wildman–Crippen LogP) is 1.68. The van der Waals surface area contributed by atoms with E-state index in [1.54, 1.807) is 0 Å². The lowest BCUT2D eigenvalue weighted by molar-refractivity contribution is 0.0602. The number of carbonyl (C=O) groups excluding carboxylic acids is 1. The molecule has 7 heteroatoms. The molecule has 0 amide bonds. The van der Waals surface area contributed by atoms with Gasteiger partial charge in [0.2, 0.25) is 0 Å². The zero-order valence-corrected chi connectivity index (χ0v) is 9.26. The van der Waals surface area contributed by atoms with Crippen molar-refractivity contribution in [1.29, 1.82) is 0 Å². The van der Waals surface area contributed by atoms with E-state index >= 15 is 0 Å². The van der Waals surface area contributed by atoms with Crippen LogP contribution in [0.4, 0.5) is 5.69 Å². The van der Waals surface area contributed by atoms with Crippen LogP contribution >= 0.6 is 11.6 Å². The summed E-state index contributed by atoms with van der Waals surface area (Å²) in [6, 6.07) is 4.26. The molecule has 1 atom stereocenters. The normalized spacial score (nSPS) is 11.9. The highest BCUT2D eigenvalue weighted by Gasteiger charge is 2.13. The minimum Gasteiger partial charge on any atom is -0.465 e. The predicted molar refractivity (Wildman–Crippen MR) is 57.2 cm³/mol. The highest BCUT2D eigenvalue weighted by atomic mass is 35.5. The molecule has 0 heterocycles. The van der Waals surface area contributed by atoms with Crippen LogP contribution in [0.2, 0.25) is 5.02 Å². The van der Waals surface area contributed by atoms with Crippen molar-refractivity contribution in [3.63, 3.8) is 0 Å². The maximum absolute atomic E-state index is 11.3. The first kappa shape index (κ1) is 12.0. The summed E-state index contributed by atoms with van der Waals surface area (Å²) in [6.45, 7) is 0. The average molecular weight is 250 g/mol. The number of hydrogen-bond donors (Lipinski definition) is 2. The van der Waals surface area contributed by atoms with Gasteiger partial charge in [-0.25, -0.2) is 9.00 Å². The van der Waals surface area contributed by atoms with Gasteiger partial charge < -0.3 is 4.74 Å². The van der Waals surface area contributed by atoms with Crippen molar-refractivity contribution in [2.45, 2.75) is 0 Å². The molecule has 0 bridgehead atoms. The first-order valence-corrected chi connectivity index (χ1v) is 5.28. The number of carbonyl (C=O) groups is 1. The number of rotatable bonds is 3. The third kappa shape index (κ3) is 3.19. The fourth-order valence-corrected chi connectivity index (χ4v) is 1.52. The molecule has 0 fully saturated rings. The van der Waals surface area contributed by atoms with Crippen molar-refractivity contribution in [3.05, 3.63) is 28.8 Å². The molecular weight excluding hydrogens is 242 g/mol. The Morgan fingerprint density at radius 1 is 1.60 bits per heavy atom. The van der Waals surface area contributed by atoms with E-state index in [2.05, 4.69) is 9.46 Å². The minimum absolute atomic E-state index is 0.104. The van der Waals surface area contributed by atoms with E-state index in [9.17, 15) is 9.00 Å². The van der Waals surface area contributed by atoms with Gasteiger partial charge in [-0.2, -0.15) is 0 Å². The van der Waals surface area contributed by atoms with Gasteiger partial charge in [-0.1, -0.05) is 11.6 Å². The summed E-state index contributed by atoms with van der Waals surface area (Å²) in [7, 11) is 1.21. The van der Waals surface area contributed by atoms with Crippen LogP contribution in [0.3, 0.4) is 0 Å². The highest BCUT2D eigenvalue weighted by molar-refractivity contribution is 7.80. The molecule has 15 heavy (non-hydrogen) atoms. The molecule has 1 aromatic rings. The molecule has 1 unspecified atom stereocenters. The zero-order valence-electron chi connectivity index (χ0n) is 7.69. The molecule has 0 radical (unpaired) electrons. The van der Waals surface area contributed by atoms with Gasteiger partial charge in [0.25, 0.3) is 11.3 Å². The largest absolute Gasteiger partial charge is 0.465 e. The second kappa shape index (κ2) is 5.11. The standard InChI is InChI=1S/C8H8ClNO4S/c1-14-8(11)6-4-5(9)2-3-7(6)10-15(12)13/h2-4,10H,1H3,(H,12,13). The monoisotopic (exact) mass is 249 g/mol. The van der Waals surface area contributed by atoms with Crippen LogP contribution < -0.4 is 4.72 Å². The van der Waals surface area contributed by atoms with Crippen molar-refractivity contribution in [1.82, 2.24) is 0 Å². The Morgan fingerprint density at radius 3 is 2.80 bits per heavy atom. The summed E-state index contributed by atoms with van der Waals surface area (Å²) in [5.74, 6) is -0.634. The number of nitrogens with one attached hydrogen (secondary N) is 1. The van der Waals surface area contributed by atoms with Crippen LogP contribution in [0.25, 0.3) is 0 Å². The average Bonchev–Trinajstić information content (AvgIpc) is 2.19. The van der Waals surface area contributed by atoms with Crippen molar-refractivity contribution in [2.75, 3.05) is 11.8 Å². The molecule has 0 aromatic heterocycles. The van der Waals surface area contributed by atoms with Gasteiger partial charge in [-0.15, -0.1) is 0 Å². The molecule has 0 aliphatic heterocycles. The van der Waals surface area contributed by atoms with Crippen LogP contribution in [0.15, 0.2) is 18.2 Å². The fourth-order valence-electron chi connectivity index (χ4n) is 0.978. The van der Waals surface area contributed by atoms with Crippen molar-refractivity contribution in [2.24, 2.45) is 0 Å². The van der Waals surface area contributed by atoms with E-state index in [-0.39, 0.29) is 11.3 Å². The van der Waals surface area contributed by atoms with Gasteiger partial charge in [0.15, 0.2) is 0 Å². The molecule has 1 aromatic carbocycles. The lowest BCUT2D eigenvalue weighted by Crippen LogP contribution is -2.09. The summed E-state index contributed by atoms with van der Waals surface area (Å²) in [5, 5.41) is 0.338. The minimum atomic E-state index is -2.25. The lowest BCUT2D eigenvalue weighted by atomic mass is 10.2. The number of methoxy groups -OCH3 is 1. The van der Waals surface area contributed by atoms with Crippen molar-refractivity contribution in [3.8, 4) is 0 Å². The number of esters is 1. The summed E-state index contributed by atoms with van der Waals surface area (Å²) < 4.78 is 25.8. The van der Waals surface area contributed by atoms with Crippen LogP contribution in [0, 0.1) is 0 Å². The molecule has 0 saturated heterocycles. The Morgan fingerprint density at radius 2 is 2.27 bits per heavy atom. The fraction of sp³-hybridized carbons (Fsp3) is 0.125. The first-order valence-electron chi connectivity index (χ1n) is 3.80. The Hall–Kier alpha value is -1.11. The molecule has 0 aliphatic carbocycles. The van der Waals surface area contributed by atoms with Crippen LogP contribution in [0.1, 0.15) is 10.4 Å². The Labute approximate surface area is 93.8 Å². The Bertz CT molecular complexity index is 410. The van der Waals surface area contributed by atoms with Crippen molar-refractivity contribution < 1.29 is 18.3 Å². The second-order valence-corrected chi connectivity index (χ2v) is 3.67. The summed E-state index contributed by atoms with van der Waals surface area (Å²) in [5.41, 5.74) is 0.291. The quantitative estimate of drug-likeness (QED) is 0.631. The van der Waals surface area contributed by atoms with Crippen LogP contribution in [-0.4, -0.2) is 21.8 Å². The number of halogens is 1.